The Morgan fingerprint density at radius 2 is 0.748 bits per heavy atom. The molecule has 0 amide bonds. The SMILES string of the molecule is C.C.C1=CCC=C1.C1=CCN=C1.C1=CN=CC1.C1=Cc2ccccc2C1.C1=NCc2ccccc21.CC.CC.CC.CC.CC.CC.CC.CC.CC.CC.CC.CC.CC.CC.c1ccc2c(c1)CN=N2.c1ccc2cnccc2c1.c1ccc2ncccc2c1.c1ccc2nccnc2c1.c1ccncc1.c1ccnnc1.c1cn[nH]n1.c1cnccn1.c1cncnc1. The summed E-state index contributed by atoms with van der Waals surface area (Å²) < 4.78 is 0. The molecular formula is C112H169N19. The molecule has 131 heavy (non-hydrogen) atoms. The van der Waals surface area contributed by atoms with Crippen LogP contribution in [-0.2, 0) is 19.5 Å². The number of aromatic amines is 1. The van der Waals surface area contributed by atoms with Crippen molar-refractivity contribution in [2.45, 2.75) is 241 Å². The third kappa shape index (κ3) is 83.0. The van der Waals surface area contributed by atoms with Gasteiger partial charge in [0.05, 0.1) is 54.3 Å². The number of aliphatic imine (C=N–C) groups is 3. The zero-order valence-electron chi connectivity index (χ0n) is 83.7. The monoisotopic (exact) mass is 1780 g/mol. The standard InChI is InChI=1S/2C9H7N.C9H8.C8H6N2.C8H7N.C7H6N2.C5H5N.C5H6.3C4H4N2.2C4H5N.C2H3N3.14C2H6.2CH4/c1-2-6-9-8(4-1)5-3-7-10-9;1-2-4-9-7-10-6-5-8(9)3-1;1-2-5-9-7-3-6-8(9)4-1;1-2-4-8-7(3-1)9-5-6-10-8;1-2-4-8-6-9-5-7(8)3-1;1-2-4-7-6(3-1)5-8-9-7;1-2-4-6-5-3-1;1-2-4-5-3-1;1-2-6-4-3-5-1;1-2-5-4-6-3-1;1-2-4-6-5-3-1;3*1-2-4-5-3-1;14*1-2;;/h2*1-7H;1-6H,7H2;1-6H;1-5H,6H2;1-4H,5H2;1-5H;1-4H,5H2;3*1-4H;1,3-4H,2H2;1-3H,4H2;1-2H,(H,3,4,5);14*1-2H3;2*1H4. The summed E-state index contributed by atoms with van der Waals surface area (Å²) in [6.07, 6.45) is 59.7. The van der Waals surface area contributed by atoms with E-state index in [0.29, 0.717) is 0 Å². The zero-order chi connectivity index (χ0) is 97.9. The van der Waals surface area contributed by atoms with E-state index in [1.165, 1.54) is 50.3 Å². The maximum absolute atomic E-state index is 4.18. The van der Waals surface area contributed by atoms with Crippen molar-refractivity contribution >= 4 is 63.1 Å². The van der Waals surface area contributed by atoms with Crippen molar-refractivity contribution in [1.82, 2.24) is 70.5 Å². The van der Waals surface area contributed by atoms with Crippen LogP contribution in [0.4, 0.5) is 5.69 Å². The Labute approximate surface area is 796 Å². The summed E-state index contributed by atoms with van der Waals surface area (Å²) in [5, 5.41) is 27.8. The van der Waals surface area contributed by atoms with E-state index in [2.05, 4.69) is 199 Å². The minimum Gasteiger partial charge on any atom is -0.289 e. The molecule has 0 radical (unpaired) electrons. The molecule has 12 heterocycles. The average molecular weight is 1780 g/mol. The lowest BCUT2D eigenvalue weighted by Gasteiger charge is -1.93. The van der Waals surface area contributed by atoms with Crippen LogP contribution in [0.25, 0.3) is 38.8 Å². The molecule has 6 aliphatic rings. The van der Waals surface area contributed by atoms with E-state index in [1.54, 1.807) is 105 Å². The van der Waals surface area contributed by atoms with Gasteiger partial charge in [0, 0.05) is 135 Å². The van der Waals surface area contributed by atoms with Gasteiger partial charge in [-0.1, -0.05) is 391 Å². The number of hydrogen-bond acceptors (Lipinski definition) is 18. The minimum absolute atomic E-state index is 0. The second-order valence-corrected chi connectivity index (χ2v) is 20.3. The summed E-state index contributed by atoms with van der Waals surface area (Å²) in [5.41, 5.74) is 10.7. The van der Waals surface area contributed by atoms with Gasteiger partial charge >= 0.3 is 0 Å². The first-order chi connectivity index (χ1) is 64.3. The Balaban J connectivity index is -0.000000148. The smallest absolute Gasteiger partial charge is 0.115 e. The molecular weight excluding hydrogens is 1610 g/mol. The van der Waals surface area contributed by atoms with Crippen LogP contribution in [0.5, 0.6) is 0 Å². The lowest BCUT2D eigenvalue weighted by Crippen LogP contribution is -1.79. The van der Waals surface area contributed by atoms with Gasteiger partial charge < -0.3 is 0 Å². The summed E-state index contributed by atoms with van der Waals surface area (Å²) in [6.45, 7) is 58.5. The summed E-state index contributed by atoms with van der Waals surface area (Å²) in [7, 11) is 0. The lowest BCUT2D eigenvalue weighted by atomic mass is 10.1. The van der Waals surface area contributed by atoms with Gasteiger partial charge in [0.2, 0.25) is 0 Å². The third-order valence-corrected chi connectivity index (χ3v) is 13.2. The van der Waals surface area contributed by atoms with Crippen LogP contribution in [-0.4, -0.2) is 95.7 Å². The van der Waals surface area contributed by atoms with Crippen LogP contribution in [0, 0.1) is 0 Å². The summed E-state index contributed by atoms with van der Waals surface area (Å²) in [6, 6.07) is 66.0. The molecule has 0 saturated heterocycles. The van der Waals surface area contributed by atoms with Gasteiger partial charge in [0.1, 0.15) is 6.33 Å². The van der Waals surface area contributed by atoms with Gasteiger partial charge in [0.25, 0.3) is 0 Å². The highest BCUT2D eigenvalue weighted by Gasteiger charge is 2.04. The molecule has 8 aromatic heterocycles. The zero-order valence-corrected chi connectivity index (χ0v) is 83.7. The number of allylic oxidation sites excluding steroid dienone is 7. The van der Waals surface area contributed by atoms with Crippen molar-refractivity contribution in [2.75, 3.05) is 6.54 Å². The average Bonchev–Trinajstić information content (AvgIpc) is 1.24. The molecule has 2 aliphatic carbocycles. The van der Waals surface area contributed by atoms with Gasteiger partial charge in [-0.3, -0.25) is 49.9 Å². The highest BCUT2D eigenvalue weighted by atomic mass is 15.3. The van der Waals surface area contributed by atoms with Crippen molar-refractivity contribution in [1.29, 1.82) is 0 Å². The van der Waals surface area contributed by atoms with Crippen molar-refractivity contribution in [3.8, 4) is 0 Å². The summed E-state index contributed by atoms with van der Waals surface area (Å²) in [5.74, 6) is 0. The number of para-hydroxylation sites is 3. The number of nitrogens with zero attached hydrogens (tertiary/aromatic N) is 18. The van der Waals surface area contributed by atoms with Gasteiger partial charge in [-0.05, 0) is 119 Å². The van der Waals surface area contributed by atoms with E-state index >= 15 is 0 Å². The third-order valence-electron chi connectivity index (χ3n) is 13.2. The van der Waals surface area contributed by atoms with Crippen molar-refractivity contribution in [3.63, 3.8) is 0 Å². The lowest BCUT2D eigenvalue weighted by molar-refractivity contribution is 0.940. The maximum Gasteiger partial charge on any atom is 0.115 e. The molecule has 0 bridgehead atoms. The number of nitrogens with one attached hydrogen (secondary N) is 1. The number of aromatic nitrogens is 14. The van der Waals surface area contributed by atoms with Crippen molar-refractivity contribution in [2.24, 2.45) is 25.2 Å². The Morgan fingerprint density at radius 3 is 1.12 bits per heavy atom. The molecule has 0 atom stereocenters. The second-order valence-electron chi connectivity index (χ2n) is 20.3. The molecule has 4 aliphatic heterocycles. The van der Waals surface area contributed by atoms with Crippen LogP contribution in [0.15, 0.2) is 392 Å². The van der Waals surface area contributed by atoms with Crippen molar-refractivity contribution in [3.05, 3.63) is 394 Å². The van der Waals surface area contributed by atoms with Gasteiger partial charge in [-0.2, -0.15) is 35.8 Å². The van der Waals surface area contributed by atoms with Crippen LogP contribution in [0.1, 0.15) is 249 Å². The molecule has 0 unspecified atom stereocenters. The first kappa shape index (κ1) is 138. The van der Waals surface area contributed by atoms with E-state index in [1.807, 2.05) is 371 Å². The number of azo groups is 1. The molecule has 1 N–H and O–H groups in total. The molecule has 19 heteroatoms. The summed E-state index contributed by atoms with van der Waals surface area (Å²) >= 11 is 0. The molecule has 712 valence electrons. The molecule has 20 rings (SSSR count). The highest BCUT2D eigenvalue weighted by molar-refractivity contribution is 5.84. The predicted octanol–water partition coefficient (Wildman–Crippen LogP) is 33.3. The Bertz CT molecular complexity index is 3860. The van der Waals surface area contributed by atoms with Crippen LogP contribution < -0.4 is 0 Å². The van der Waals surface area contributed by atoms with E-state index in [9.17, 15) is 0 Å². The predicted molar refractivity (Wildman–Crippen MR) is 581 cm³/mol. The Morgan fingerprint density at radius 1 is 0.290 bits per heavy atom. The second kappa shape index (κ2) is 125. The quantitative estimate of drug-likeness (QED) is 0.149. The number of pyridine rings is 3. The Kier molecular flexibility index (Phi) is 131. The van der Waals surface area contributed by atoms with E-state index in [0.717, 1.165) is 61.1 Å². The highest BCUT2D eigenvalue weighted by Crippen LogP contribution is 2.25. The van der Waals surface area contributed by atoms with E-state index in [4.69, 9.17) is 0 Å². The topological polar surface area (TPSA) is 245 Å². The van der Waals surface area contributed by atoms with E-state index < -0.39 is 0 Å². The molecule has 0 saturated carbocycles. The van der Waals surface area contributed by atoms with Crippen LogP contribution >= 0.6 is 0 Å². The fraction of sp³-hybridized carbons (Fsp3) is 0.321. The number of hydrogen-bond donors (Lipinski definition) is 1. The van der Waals surface area contributed by atoms with E-state index in [-0.39, 0.29) is 14.9 Å². The van der Waals surface area contributed by atoms with Crippen LogP contribution in [0.2, 0.25) is 0 Å². The Hall–Kier alpha value is -13.7. The molecule has 0 spiro atoms. The minimum atomic E-state index is 0. The maximum atomic E-state index is 4.18. The fourth-order valence-electron chi connectivity index (χ4n) is 8.37. The van der Waals surface area contributed by atoms with Gasteiger partial charge in [-0.15, -0.1) is 0 Å². The first-order valence-corrected chi connectivity index (χ1v) is 46.2. The van der Waals surface area contributed by atoms with Crippen molar-refractivity contribution < 1.29 is 0 Å². The number of rotatable bonds is 0. The molecule has 14 aromatic rings. The van der Waals surface area contributed by atoms with Gasteiger partial charge in [0.15, 0.2) is 0 Å². The number of H-pyrrole nitrogens is 1. The number of benzene rings is 6. The summed E-state index contributed by atoms with van der Waals surface area (Å²) in [4.78, 5) is 46.8. The first-order valence-electron chi connectivity index (χ1n) is 46.2. The largest absolute Gasteiger partial charge is 0.289 e. The molecule has 0 fully saturated rings. The number of fused-ring (bicyclic) bond motifs is 6. The normalized spacial score (nSPS) is 9.56. The molecule has 6 aromatic carbocycles. The molecule has 19 nitrogen and oxygen atoms in total. The van der Waals surface area contributed by atoms with Crippen LogP contribution in [0.3, 0.4) is 0 Å². The fourth-order valence-corrected chi connectivity index (χ4v) is 8.37. The van der Waals surface area contributed by atoms with Gasteiger partial charge in [-0.25, -0.2) is 9.97 Å².